The summed E-state index contributed by atoms with van der Waals surface area (Å²) in [5.41, 5.74) is 0.758. The van der Waals surface area contributed by atoms with Gasteiger partial charge in [0.05, 0.1) is 18.8 Å². The van der Waals surface area contributed by atoms with E-state index in [9.17, 15) is 4.79 Å². The molecular formula is C14H19NO2S. The molecule has 0 aromatic heterocycles. The maximum Gasteiger partial charge on any atom is 0.254 e. The van der Waals surface area contributed by atoms with Crippen molar-refractivity contribution < 1.29 is 9.53 Å². The molecule has 1 aliphatic heterocycles. The highest BCUT2D eigenvalue weighted by Crippen LogP contribution is 2.18. The number of carbonyl (C=O) groups excluding carboxylic acids is 1. The first-order chi connectivity index (χ1) is 8.61. The van der Waals surface area contributed by atoms with E-state index in [-0.39, 0.29) is 18.1 Å². The maximum absolute atomic E-state index is 12.4. The highest BCUT2D eigenvalue weighted by atomic mass is 32.2. The fourth-order valence-electron chi connectivity index (χ4n) is 2.09. The monoisotopic (exact) mass is 265 g/mol. The summed E-state index contributed by atoms with van der Waals surface area (Å²) in [6.45, 7) is 5.32. The molecule has 0 spiro atoms. The fraction of sp³-hybridized carbons (Fsp3) is 0.500. The maximum atomic E-state index is 12.4. The van der Waals surface area contributed by atoms with Crippen molar-refractivity contribution in [3.63, 3.8) is 0 Å². The van der Waals surface area contributed by atoms with Crippen molar-refractivity contribution in [3.8, 4) is 0 Å². The van der Waals surface area contributed by atoms with Crippen molar-refractivity contribution in [1.82, 2.24) is 4.90 Å². The number of morpholine rings is 1. The first-order valence-electron chi connectivity index (χ1n) is 6.18. The van der Waals surface area contributed by atoms with Gasteiger partial charge >= 0.3 is 0 Å². The third-order valence-corrected chi connectivity index (χ3v) is 3.95. The van der Waals surface area contributed by atoms with Gasteiger partial charge < -0.3 is 9.64 Å². The molecule has 0 bridgehead atoms. The minimum atomic E-state index is 0.102. The highest BCUT2D eigenvalue weighted by molar-refractivity contribution is 7.98. The van der Waals surface area contributed by atoms with Crippen LogP contribution in [0.5, 0.6) is 0 Å². The third-order valence-electron chi connectivity index (χ3n) is 3.21. The van der Waals surface area contributed by atoms with E-state index in [1.807, 2.05) is 49.3 Å². The van der Waals surface area contributed by atoms with Crippen LogP contribution in [0.2, 0.25) is 0 Å². The average Bonchev–Trinajstić information content (AvgIpc) is 2.41. The Kier molecular flexibility index (Phi) is 4.30. The van der Waals surface area contributed by atoms with Crippen molar-refractivity contribution in [2.45, 2.75) is 30.9 Å². The van der Waals surface area contributed by atoms with E-state index in [1.165, 1.54) is 4.90 Å². The lowest BCUT2D eigenvalue weighted by atomic mass is 10.1. The number of carbonyl (C=O) groups is 1. The van der Waals surface area contributed by atoms with Gasteiger partial charge in [-0.2, -0.15) is 0 Å². The van der Waals surface area contributed by atoms with Crippen molar-refractivity contribution in [2.75, 3.05) is 19.4 Å². The van der Waals surface area contributed by atoms with Crippen LogP contribution >= 0.6 is 11.8 Å². The second kappa shape index (κ2) is 5.76. The van der Waals surface area contributed by atoms with Gasteiger partial charge in [-0.15, -0.1) is 11.8 Å². The fourth-order valence-corrected chi connectivity index (χ4v) is 2.49. The van der Waals surface area contributed by atoms with Crippen LogP contribution in [0.3, 0.4) is 0 Å². The van der Waals surface area contributed by atoms with Gasteiger partial charge in [-0.3, -0.25) is 4.79 Å². The van der Waals surface area contributed by atoms with Crippen molar-refractivity contribution in [2.24, 2.45) is 0 Å². The number of rotatable bonds is 2. The molecule has 1 aromatic carbocycles. The Morgan fingerprint density at radius 1 is 1.33 bits per heavy atom. The predicted molar refractivity (Wildman–Crippen MR) is 74.1 cm³/mol. The smallest absolute Gasteiger partial charge is 0.254 e. The Bertz CT molecular complexity index is 418. The van der Waals surface area contributed by atoms with Crippen LogP contribution in [0.25, 0.3) is 0 Å². The average molecular weight is 265 g/mol. The second-order valence-electron chi connectivity index (χ2n) is 4.68. The largest absolute Gasteiger partial charge is 0.375 e. The molecule has 4 heteroatoms. The molecule has 1 aromatic rings. The minimum Gasteiger partial charge on any atom is -0.375 e. The van der Waals surface area contributed by atoms with Crippen LogP contribution in [0.4, 0.5) is 0 Å². The van der Waals surface area contributed by atoms with Gasteiger partial charge in [0.25, 0.3) is 5.91 Å². The van der Waals surface area contributed by atoms with Gasteiger partial charge in [0.2, 0.25) is 0 Å². The molecule has 0 saturated carbocycles. The van der Waals surface area contributed by atoms with Gasteiger partial charge in [0, 0.05) is 17.0 Å². The highest BCUT2D eigenvalue weighted by Gasteiger charge is 2.28. The van der Waals surface area contributed by atoms with E-state index in [1.54, 1.807) is 11.8 Å². The lowest BCUT2D eigenvalue weighted by Crippen LogP contribution is -2.50. The zero-order valence-corrected chi connectivity index (χ0v) is 11.9. The molecule has 0 radical (unpaired) electrons. The number of thioether (sulfide) groups is 1. The standard InChI is InChI=1S/C14H19NO2S/c1-10-9-17-11(2)8-15(10)14(16)12-4-6-13(18-3)7-5-12/h4-7,10-11H,8-9H2,1-3H3. The number of amides is 1. The predicted octanol–water partition coefficient (Wildman–Crippen LogP) is 2.66. The van der Waals surface area contributed by atoms with Gasteiger partial charge in [0.15, 0.2) is 0 Å². The van der Waals surface area contributed by atoms with Crippen LogP contribution in [-0.4, -0.2) is 42.4 Å². The Morgan fingerprint density at radius 3 is 2.61 bits per heavy atom. The molecule has 2 rings (SSSR count). The Morgan fingerprint density at radius 2 is 2.00 bits per heavy atom. The summed E-state index contributed by atoms with van der Waals surface area (Å²) < 4.78 is 5.55. The van der Waals surface area contributed by atoms with E-state index < -0.39 is 0 Å². The molecule has 0 aliphatic carbocycles. The molecule has 2 unspecified atom stereocenters. The molecule has 2 atom stereocenters. The zero-order chi connectivity index (χ0) is 13.1. The molecule has 18 heavy (non-hydrogen) atoms. The van der Waals surface area contributed by atoms with E-state index in [0.717, 1.165) is 5.56 Å². The first-order valence-corrected chi connectivity index (χ1v) is 7.41. The summed E-state index contributed by atoms with van der Waals surface area (Å²) >= 11 is 1.68. The number of hydrogen-bond acceptors (Lipinski definition) is 3. The molecule has 1 saturated heterocycles. The van der Waals surface area contributed by atoms with E-state index in [0.29, 0.717) is 13.2 Å². The number of benzene rings is 1. The summed E-state index contributed by atoms with van der Waals surface area (Å²) in [6.07, 6.45) is 2.15. The van der Waals surface area contributed by atoms with Gasteiger partial charge in [-0.25, -0.2) is 0 Å². The summed E-state index contributed by atoms with van der Waals surface area (Å²) in [6, 6.07) is 7.94. The van der Waals surface area contributed by atoms with E-state index in [2.05, 4.69) is 0 Å². The molecule has 1 heterocycles. The van der Waals surface area contributed by atoms with E-state index >= 15 is 0 Å². The Labute approximate surface area is 113 Å². The topological polar surface area (TPSA) is 29.5 Å². The number of nitrogens with zero attached hydrogens (tertiary/aromatic N) is 1. The second-order valence-corrected chi connectivity index (χ2v) is 5.56. The quantitative estimate of drug-likeness (QED) is 0.770. The minimum absolute atomic E-state index is 0.102. The van der Waals surface area contributed by atoms with Gasteiger partial charge in [0.1, 0.15) is 0 Å². The van der Waals surface area contributed by atoms with Crippen LogP contribution in [-0.2, 0) is 4.74 Å². The van der Waals surface area contributed by atoms with Crippen LogP contribution in [0.15, 0.2) is 29.2 Å². The molecular weight excluding hydrogens is 246 g/mol. The van der Waals surface area contributed by atoms with E-state index in [4.69, 9.17) is 4.74 Å². The lowest BCUT2D eigenvalue weighted by molar-refractivity contribution is -0.0387. The molecule has 1 aliphatic rings. The summed E-state index contributed by atoms with van der Waals surface area (Å²) in [5, 5.41) is 0. The Hall–Kier alpha value is -1.00. The van der Waals surface area contributed by atoms with Gasteiger partial charge in [-0.05, 0) is 44.4 Å². The van der Waals surface area contributed by atoms with Crippen LogP contribution in [0, 0.1) is 0 Å². The summed E-state index contributed by atoms with van der Waals surface area (Å²) in [4.78, 5) is 15.5. The first kappa shape index (κ1) is 13.4. The molecule has 0 N–H and O–H groups in total. The summed E-state index contributed by atoms with van der Waals surface area (Å²) in [7, 11) is 0. The normalized spacial score (nSPS) is 24.1. The number of ether oxygens (including phenoxy) is 1. The molecule has 3 nitrogen and oxygen atoms in total. The summed E-state index contributed by atoms with van der Waals surface area (Å²) in [5.74, 6) is 0.102. The van der Waals surface area contributed by atoms with Crippen LogP contribution in [0.1, 0.15) is 24.2 Å². The molecule has 98 valence electrons. The molecule has 1 amide bonds. The number of hydrogen-bond donors (Lipinski definition) is 0. The van der Waals surface area contributed by atoms with Crippen molar-refractivity contribution >= 4 is 17.7 Å². The van der Waals surface area contributed by atoms with Gasteiger partial charge in [-0.1, -0.05) is 0 Å². The lowest BCUT2D eigenvalue weighted by Gasteiger charge is -2.36. The molecule has 1 fully saturated rings. The third kappa shape index (κ3) is 2.87. The SMILES string of the molecule is CSc1ccc(C(=O)N2CC(C)OCC2C)cc1. The Balaban J connectivity index is 2.13. The van der Waals surface area contributed by atoms with Crippen molar-refractivity contribution in [1.29, 1.82) is 0 Å². The van der Waals surface area contributed by atoms with Crippen LogP contribution < -0.4 is 0 Å². The van der Waals surface area contributed by atoms with Crippen molar-refractivity contribution in [3.05, 3.63) is 29.8 Å². The zero-order valence-electron chi connectivity index (χ0n) is 11.1.